The van der Waals surface area contributed by atoms with E-state index in [4.69, 9.17) is 4.74 Å². The van der Waals surface area contributed by atoms with Gasteiger partial charge in [-0.15, -0.1) is 11.3 Å². The third-order valence-corrected chi connectivity index (χ3v) is 5.05. The van der Waals surface area contributed by atoms with Crippen LogP contribution in [0.3, 0.4) is 0 Å². The summed E-state index contributed by atoms with van der Waals surface area (Å²) in [7, 11) is 1.67. The number of pyridine rings is 1. The maximum absolute atomic E-state index is 12.3. The molecule has 0 saturated heterocycles. The molecule has 3 aromatic rings. The van der Waals surface area contributed by atoms with Gasteiger partial charge in [-0.2, -0.15) is 0 Å². The third kappa shape index (κ3) is 3.83. The fourth-order valence-corrected chi connectivity index (χ4v) is 3.30. The van der Waals surface area contributed by atoms with Crippen LogP contribution in [0.2, 0.25) is 0 Å². The van der Waals surface area contributed by atoms with E-state index in [1.54, 1.807) is 36.6 Å². The van der Waals surface area contributed by atoms with Gasteiger partial charge in [0, 0.05) is 13.2 Å². The SMILES string of the molecule is C[C@@H](c1nc2ccccc2s1)N(C)C(=O)COC(=O)c1ccccn1. The van der Waals surface area contributed by atoms with E-state index in [0.717, 1.165) is 15.2 Å². The summed E-state index contributed by atoms with van der Waals surface area (Å²) in [6.45, 7) is 1.57. The Hall–Kier alpha value is -2.80. The Labute approximate surface area is 149 Å². The first-order valence-electron chi connectivity index (χ1n) is 7.75. The molecule has 128 valence electrons. The van der Waals surface area contributed by atoms with Crippen molar-refractivity contribution in [1.29, 1.82) is 0 Å². The van der Waals surface area contributed by atoms with E-state index in [2.05, 4.69) is 9.97 Å². The summed E-state index contributed by atoms with van der Waals surface area (Å²) in [5.41, 5.74) is 1.09. The smallest absolute Gasteiger partial charge is 0.357 e. The van der Waals surface area contributed by atoms with Crippen molar-refractivity contribution < 1.29 is 14.3 Å². The van der Waals surface area contributed by atoms with Crippen molar-refractivity contribution in [2.45, 2.75) is 13.0 Å². The molecule has 0 aliphatic rings. The van der Waals surface area contributed by atoms with E-state index in [-0.39, 0.29) is 24.2 Å². The summed E-state index contributed by atoms with van der Waals surface area (Å²) in [5.74, 6) is -0.911. The van der Waals surface area contributed by atoms with E-state index in [0.29, 0.717) is 0 Å². The maximum Gasteiger partial charge on any atom is 0.357 e. The Morgan fingerprint density at radius 2 is 1.96 bits per heavy atom. The van der Waals surface area contributed by atoms with Crippen molar-refractivity contribution in [3.8, 4) is 0 Å². The number of rotatable bonds is 5. The Balaban J connectivity index is 1.62. The number of benzene rings is 1. The minimum Gasteiger partial charge on any atom is -0.451 e. The zero-order chi connectivity index (χ0) is 17.8. The number of carbonyl (C=O) groups is 2. The highest BCUT2D eigenvalue weighted by molar-refractivity contribution is 7.18. The number of thiazole rings is 1. The molecule has 0 unspecified atom stereocenters. The van der Waals surface area contributed by atoms with Crippen LogP contribution in [0.25, 0.3) is 10.2 Å². The van der Waals surface area contributed by atoms with E-state index >= 15 is 0 Å². The molecule has 25 heavy (non-hydrogen) atoms. The van der Waals surface area contributed by atoms with Gasteiger partial charge in [0.25, 0.3) is 5.91 Å². The molecule has 0 bridgehead atoms. The van der Waals surface area contributed by atoms with Gasteiger partial charge in [-0.1, -0.05) is 18.2 Å². The standard InChI is InChI=1S/C18H17N3O3S/c1-12(17-20-13-7-3-4-9-15(13)25-17)21(2)16(22)11-24-18(23)14-8-5-6-10-19-14/h3-10,12H,11H2,1-2H3/t12-/m0/s1. The molecule has 0 aliphatic carbocycles. The summed E-state index contributed by atoms with van der Waals surface area (Å²) in [5, 5.41) is 0.841. The van der Waals surface area contributed by atoms with Crippen LogP contribution in [0.1, 0.15) is 28.5 Å². The average Bonchev–Trinajstić information content (AvgIpc) is 3.09. The van der Waals surface area contributed by atoms with Gasteiger partial charge in [-0.05, 0) is 31.2 Å². The Bertz CT molecular complexity index is 862. The van der Waals surface area contributed by atoms with E-state index in [1.807, 2.05) is 31.2 Å². The minimum absolute atomic E-state index is 0.178. The zero-order valence-corrected chi connectivity index (χ0v) is 14.7. The van der Waals surface area contributed by atoms with Crippen LogP contribution in [-0.4, -0.2) is 40.4 Å². The predicted octanol–water partition coefficient (Wildman–Crippen LogP) is 3.07. The van der Waals surface area contributed by atoms with Crippen molar-refractivity contribution in [3.63, 3.8) is 0 Å². The Morgan fingerprint density at radius 1 is 1.20 bits per heavy atom. The van der Waals surface area contributed by atoms with Crippen molar-refractivity contribution in [2.24, 2.45) is 0 Å². The number of hydrogen-bond acceptors (Lipinski definition) is 6. The van der Waals surface area contributed by atoms with Gasteiger partial charge in [0.15, 0.2) is 6.61 Å². The molecule has 1 atom stereocenters. The van der Waals surface area contributed by atoms with Gasteiger partial charge in [-0.25, -0.2) is 14.8 Å². The largest absolute Gasteiger partial charge is 0.451 e. The molecule has 1 aromatic carbocycles. The first-order chi connectivity index (χ1) is 12.1. The molecule has 0 radical (unpaired) electrons. The molecular formula is C18H17N3O3S. The number of hydrogen-bond donors (Lipinski definition) is 0. The number of carbonyl (C=O) groups excluding carboxylic acids is 2. The highest BCUT2D eigenvalue weighted by Crippen LogP contribution is 2.28. The summed E-state index contributed by atoms with van der Waals surface area (Å²) in [6.07, 6.45) is 1.50. The molecule has 2 aromatic heterocycles. The van der Waals surface area contributed by atoms with Crippen molar-refractivity contribution >= 4 is 33.4 Å². The lowest BCUT2D eigenvalue weighted by molar-refractivity contribution is -0.135. The number of aromatic nitrogens is 2. The highest BCUT2D eigenvalue weighted by Gasteiger charge is 2.22. The molecule has 7 heteroatoms. The number of fused-ring (bicyclic) bond motifs is 1. The monoisotopic (exact) mass is 355 g/mol. The zero-order valence-electron chi connectivity index (χ0n) is 13.9. The number of ether oxygens (including phenoxy) is 1. The second-order valence-corrected chi connectivity index (χ2v) is 6.55. The van der Waals surface area contributed by atoms with Crippen molar-refractivity contribution in [3.05, 3.63) is 59.4 Å². The third-order valence-electron chi connectivity index (χ3n) is 3.84. The van der Waals surface area contributed by atoms with Gasteiger partial charge >= 0.3 is 5.97 Å². The van der Waals surface area contributed by atoms with Gasteiger partial charge in [0.1, 0.15) is 10.7 Å². The van der Waals surface area contributed by atoms with E-state index in [9.17, 15) is 9.59 Å². The van der Waals surface area contributed by atoms with Crippen LogP contribution < -0.4 is 0 Å². The number of nitrogens with zero attached hydrogens (tertiary/aromatic N) is 3. The molecule has 0 fully saturated rings. The summed E-state index contributed by atoms with van der Waals surface area (Å²) >= 11 is 1.55. The molecule has 0 spiro atoms. The molecular weight excluding hydrogens is 338 g/mol. The lowest BCUT2D eigenvalue weighted by Gasteiger charge is -2.23. The Kier molecular flexibility index (Phi) is 5.04. The second-order valence-electron chi connectivity index (χ2n) is 5.49. The molecule has 0 saturated carbocycles. The van der Waals surface area contributed by atoms with Gasteiger partial charge in [0.05, 0.1) is 16.3 Å². The predicted molar refractivity (Wildman–Crippen MR) is 95.3 cm³/mol. The number of esters is 1. The van der Waals surface area contributed by atoms with Gasteiger partial charge in [-0.3, -0.25) is 4.79 Å². The highest BCUT2D eigenvalue weighted by atomic mass is 32.1. The second kappa shape index (κ2) is 7.40. The molecule has 0 aliphatic heterocycles. The Morgan fingerprint density at radius 3 is 2.68 bits per heavy atom. The van der Waals surface area contributed by atoms with Crippen LogP contribution in [0.5, 0.6) is 0 Å². The molecule has 1 amide bonds. The van der Waals surface area contributed by atoms with E-state index in [1.165, 1.54) is 11.1 Å². The first kappa shape index (κ1) is 17.0. The molecule has 0 N–H and O–H groups in total. The molecule has 3 rings (SSSR count). The van der Waals surface area contributed by atoms with Gasteiger partial charge in [0.2, 0.25) is 0 Å². The maximum atomic E-state index is 12.3. The lowest BCUT2D eigenvalue weighted by atomic mass is 10.3. The fraction of sp³-hybridized carbons (Fsp3) is 0.222. The van der Waals surface area contributed by atoms with Crippen LogP contribution in [0.4, 0.5) is 0 Å². The number of amides is 1. The molecule has 6 nitrogen and oxygen atoms in total. The van der Waals surface area contributed by atoms with Crippen LogP contribution >= 0.6 is 11.3 Å². The van der Waals surface area contributed by atoms with Crippen molar-refractivity contribution in [1.82, 2.24) is 14.9 Å². The lowest BCUT2D eigenvalue weighted by Crippen LogP contribution is -2.33. The summed E-state index contributed by atoms with van der Waals surface area (Å²) in [4.78, 5) is 34.2. The fourth-order valence-electron chi connectivity index (χ4n) is 2.24. The minimum atomic E-state index is -0.616. The number of likely N-dealkylation sites (N-methyl/N-ethyl adjacent to an activating group) is 1. The topological polar surface area (TPSA) is 72.4 Å². The van der Waals surface area contributed by atoms with Crippen LogP contribution in [0, 0.1) is 0 Å². The molecule has 2 heterocycles. The van der Waals surface area contributed by atoms with Crippen LogP contribution in [-0.2, 0) is 9.53 Å². The van der Waals surface area contributed by atoms with Gasteiger partial charge < -0.3 is 9.64 Å². The van der Waals surface area contributed by atoms with Crippen LogP contribution in [0.15, 0.2) is 48.7 Å². The average molecular weight is 355 g/mol. The quantitative estimate of drug-likeness (QED) is 0.658. The van der Waals surface area contributed by atoms with E-state index < -0.39 is 5.97 Å². The normalized spacial score (nSPS) is 11.9. The first-order valence-corrected chi connectivity index (χ1v) is 8.57. The van der Waals surface area contributed by atoms with Crippen molar-refractivity contribution in [2.75, 3.05) is 13.7 Å². The summed E-state index contributed by atoms with van der Waals surface area (Å²) in [6, 6.07) is 12.6. The number of para-hydroxylation sites is 1. The summed E-state index contributed by atoms with van der Waals surface area (Å²) < 4.78 is 6.12.